The molecule has 0 radical (unpaired) electrons. The van der Waals surface area contributed by atoms with E-state index in [4.69, 9.17) is 4.74 Å². The van der Waals surface area contributed by atoms with Crippen molar-refractivity contribution in [1.29, 1.82) is 0 Å². The van der Waals surface area contributed by atoms with Crippen molar-refractivity contribution >= 4 is 17.2 Å². The van der Waals surface area contributed by atoms with Gasteiger partial charge in [-0.3, -0.25) is 0 Å². The zero-order valence-corrected chi connectivity index (χ0v) is 16.5. The van der Waals surface area contributed by atoms with Crippen LogP contribution in [0, 0.1) is 0 Å². The van der Waals surface area contributed by atoms with Crippen LogP contribution in [-0.4, -0.2) is 54.7 Å². The van der Waals surface area contributed by atoms with Crippen LogP contribution in [0.2, 0.25) is 0 Å². The molecule has 0 bridgehead atoms. The van der Waals surface area contributed by atoms with Crippen molar-refractivity contribution in [2.45, 2.75) is 45.6 Å². The number of rotatable bonds is 6. The van der Waals surface area contributed by atoms with E-state index >= 15 is 0 Å². The molecule has 1 aromatic carbocycles. The molecule has 0 spiro atoms. The van der Waals surface area contributed by atoms with Gasteiger partial charge in [0.15, 0.2) is 0 Å². The Bertz CT molecular complexity index is 720. The van der Waals surface area contributed by atoms with Gasteiger partial charge >= 0.3 is 0 Å². The predicted octanol–water partition coefficient (Wildman–Crippen LogP) is 3.22. The van der Waals surface area contributed by atoms with Crippen molar-refractivity contribution in [2.75, 3.05) is 33.9 Å². The molecule has 5 heteroatoms. The Morgan fingerprint density at radius 2 is 2.08 bits per heavy atom. The lowest BCUT2D eigenvalue weighted by Crippen LogP contribution is -2.15. The highest BCUT2D eigenvalue weighted by Crippen LogP contribution is 2.42. The van der Waals surface area contributed by atoms with E-state index in [1.807, 2.05) is 18.2 Å². The van der Waals surface area contributed by atoms with Crippen molar-refractivity contribution in [3.63, 3.8) is 0 Å². The van der Waals surface area contributed by atoms with Gasteiger partial charge < -0.3 is 24.1 Å². The molecule has 3 rings (SSSR count). The fourth-order valence-corrected chi connectivity index (χ4v) is 3.64. The molecule has 1 aromatic heterocycles. The van der Waals surface area contributed by atoms with Gasteiger partial charge in [-0.2, -0.15) is 0 Å². The number of benzene rings is 1. The summed E-state index contributed by atoms with van der Waals surface area (Å²) >= 11 is 0. The van der Waals surface area contributed by atoms with Crippen molar-refractivity contribution in [2.24, 2.45) is 0 Å². The topological polar surface area (TPSA) is 54.7 Å². The highest BCUT2D eigenvalue weighted by molar-refractivity contribution is 5.94. The first-order chi connectivity index (χ1) is 12.6. The summed E-state index contributed by atoms with van der Waals surface area (Å²) in [6.07, 6.45) is 3.91. The summed E-state index contributed by atoms with van der Waals surface area (Å²) in [7, 11) is 3.77. The maximum absolute atomic E-state index is 11.4. The molecule has 1 N–H and O–H groups in total. The number of methoxy groups -OCH3 is 1. The molecular weight excluding hydrogens is 328 g/mol. The molecule has 0 amide bonds. The van der Waals surface area contributed by atoms with E-state index in [2.05, 4.69) is 30.4 Å². The number of aliphatic hydroxyl groups excluding tert-OH is 1. The number of carbonyl (C=O) groups excluding carboxylic acids is 1. The average molecular weight is 360 g/mol. The van der Waals surface area contributed by atoms with Crippen LogP contribution in [0.25, 0.3) is 10.9 Å². The van der Waals surface area contributed by atoms with Crippen molar-refractivity contribution in [3.05, 3.63) is 29.5 Å². The average Bonchev–Trinajstić information content (AvgIpc) is 3.02. The number of nitrogens with zero attached hydrogens (tertiary/aromatic N) is 2. The number of aromatic nitrogens is 1. The van der Waals surface area contributed by atoms with E-state index in [9.17, 15) is 9.90 Å². The Morgan fingerprint density at radius 1 is 1.35 bits per heavy atom. The quantitative estimate of drug-likeness (QED) is 0.804. The van der Waals surface area contributed by atoms with E-state index in [1.54, 1.807) is 7.11 Å². The normalized spacial score (nSPS) is 16.2. The molecule has 0 aliphatic heterocycles. The van der Waals surface area contributed by atoms with Gasteiger partial charge in [0, 0.05) is 23.5 Å². The van der Waals surface area contributed by atoms with Crippen molar-refractivity contribution in [1.82, 2.24) is 9.47 Å². The van der Waals surface area contributed by atoms with E-state index in [-0.39, 0.29) is 12.5 Å². The van der Waals surface area contributed by atoms with Crippen LogP contribution in [0.15, 0.2) is 18.2 Å². The second-order valence-corrected chi connectivity index (χ2v) is 6.71. The van der Waals surface area contributed by atoms with Crippen LogP contribution in [0.5, 0.6) is 5.75 Å². The highest BCUT2D eigenvalue weighted by atomic mass is 16.5. The third kappa shape index (κ3) is 4.10. The van der Waals surface area contributed by atoms with Crippen LogP contribution < -0.4 is 4.74 Å². The molecule has 26 heavy (non-hydrogen) atoms. The Kier molecular flexibility index (Phi) is 7.66. The molecule has 1 aliphatic carbocycles. The Hall–Kier alpha value is -1.85. The van der Waals surface area contributed by atoms with Gasteiger partial charge in [0.05, 0.1) is 19.2 Å². The molecule has 144 valence electrons. The number of hydrogen-bond donors (Lipinski definition) is 1. The van der Waals surface area contributed by atoms with Gasteiger partial charge in [-0.1, -0.05) is 19.9 Å². The number of aliphatic hydroxyl groups is 1. The number of aldehydes is 1. The summed E-state index contributed by atoms with van der Waals surface area (Å²) in [4.78, 5) is 13.7. The third-order valence-electron chi connectivity index (χ3n) is 5.29. The van der Waals surface area contributed by atoms with E-state index in [0.717, 1.165) is 60.9 Å². The van der Waals surface area contributed by atoms with Crippen LogP contribution >= 0.6 is 0 Å². The van der Waals surface area contributed by atoms with Gasteiger partial charge in [-0.25, -0.2) is 0 Å². The van der Waals surface area contributed by atoms with E-state index in [1.165, 1.54) is 5.69 Å². The van der Waals surface area contributed by atoms with Gasteiger partial charge in [-0.15, -0.1) is 0 Å². The first kappa shape index (κ1) is 20.5. The number of hydrogen-bond acceptors (Lipinski definition) is 4. The fraction of sp³-hybridized carbons (Fsp3) is 0.571. The standard InChI is InChI=1S/C16H19NO3.C5H13N/c1-20-14-7-3-6-13-16(14)15-11(10-19)4-2-5-12(15)17(13)8-9-18;1-4-6(3)5-2/h3,6-7,10-11,18H,2,4-5,8-9H2,1H3;4-5H2,1-3H3. The molecular formula is C21H32N2O3. The van der Waals surface area contributed by atoms with Crippen molar-refractivity contribution < 1.29 is 14.6 Å². The zero-order valence-electron chi connectivity index (χ0n) is 16.5. The van der Waals surface area contributed by atoms with Crippen LogP contribution in [0.1, 0.15) is 43.9 Å². The van der Waals surface area contributed by atoms with Gasteiger partial charge in [0.25, 0.3) is 0 Å². The number of carbonyl (C=O) groups is 1. The number of fused-ring (bicyclic) bond motifs is 3. The maximum Gasteiger partial charge on any atom is 0.128 e. The Balaban J connectivity index is 0.000000352. The molecule has 1 unspecified atom stereocenters. The van der Waals surface area contributed by atoms with Gasteiger partial charge in [-0.05, 0) is 57.1 Å². The lowest BCUT2D eigenvalue weighted by Gasteiger charge is -2.20. The monoisotopic (exact) mass is 360 g/mol. The highest BCUT2D eigenvalue weighted by Gasteiger charge is 2.28. The molecule has 5 nitrogen and oxygen atoms in total. The first-order valence-corrected chi connectivity index (χ1v) is 9.55. The summed E-state index contributed by atoms with van der Waals surface area (Å²) < 4.78 is 7.63. The minimum absolute atomic E-state index is 0.0579. The maximum atomic E-state index is 11.4. The van der Waals surface area contributed by atoms with E-state index < -0.39 is 0 Å². The fourth-order valence-electron chi connectivity index (χ4n) is 3.64. The third-order valence-corrected chi connectivity index (χ3v) is 5.29. The minimum Gasteiger partial charge on any atom is -0.496 e. The Morgan fingerprint density at radius 3 is 2.62 bits per heavy atom. The summed E-state index contributed by atoms with van der Waals surface area (Å²) in [6, 6.07) is 5.92. The van der Waals surface area contributed by atoms with Crippen LogP contribution in [-0.2, 0) is 17.8 Å². The van der Waals surface area contributed by atoms with Gasteiger partial charge in [0.1, 0.15) is 12.0 Å². The zero-order chi connectivity index (χ0) is 19.1. The summed E-state index contributed by atoms with van der Waals surface area (Å²) in [5, 5.41) is 10.4. The van der Waals surface area contributed by atoms with E-state index in [0.29, 0.717) is 6.54 Å². The lowest BCUT2D eigenvalue weighted by atomic mass is 9.86. The largest absolute Gasteiger partial charge is 0.496 e. The van der Waals surface area contributed by atoms with Crippen LogP contribution in [0.3, 0.4) is 0 Å². The smallest absolute Gasteiger partial charge is 0.128 e. The molecule has 0 saturated carbocycles. The minimum atomic E-state index is -0.0579. The van der Waals surface area contributed by atoms with Gasteiger partial charge in [0.2, 0.25) is 0 Å². The molecule has 2 aromatic rings. The first-order valence-electron chi connectivity index (χ1n) is 9.55. The van der Waals surface area contributed by atoms with Crippen LogP contribution in [0.4, 0.5) is 0 Å². The molecule has 0 saturated heterocycles. The van der Waals surface area contributed by atoms with Crippen molar-refractivity contribution in [3.8, 4) is 5.75 Å². The SMILES string of the molecule is CCN(C)CC.COc1cccc2c1c1c(n2CCO)CCCC1C=O. The second kappa shape index (κ2) is 9.74. The molecule has 1 atom stereocenters. The second-order valence-electron chi connectivity index (χ2n) is 6.71. The molecule has 0 fully saturated rings. The number of ether oxygens (including phenoxy) is 1. The molecule has 1 aliphatic rings. The Labute approximate surface area is 156 Å². The lowest BCUT2D eigenvalue weighted by molar-refractivity contribution is -0.109. The summed E-state index contributed by atoms with van der Waals surface area (Å²) in [5.41, 5.74) is 3.34. The summed E-state index contributed by atoms with van der Waals surface area (Å²) in [5.74, 6) is 0.752. The predicted molar refractivity (Wildman–Crippen MR) is 106 cm³/mol. The molecule has 1 heterocycles. The summed E-state index contributed by atoms with van der Waals surface area (Å²) in [6.45, 7) is 7.30.